The van der Waals surface area contributed by atoms with Crippen molar-refractivity contribution in [3.8, 4) is 0 Å². The molecule has 1 aromatic heterocycles. The molecule has 0 N–H and O–H groups in total. The Hall–Kier alpha value is -1.43. The van der Waals surface area contributed by atoms with E-state index in [9.17, 15) is 10.1 Å². The lowest BCUT2D eigenvalue weighted by atomic mass is 10.3. The topological polar surface area (TPSA) is 72.2 Å². The summed E-state index contributed by atoms with van der Waals surface area (Å²) >= 11 is 5.73. The van der Waals surface area contributed by atoms with Crippen LogP contribution in [0.1, 0.15) is 25.5 Å². The Labute approximate surface area is 105 Å². The fraction of sp³-hybridized carbons (Fsp3) is 0.600. The fourth-order valence-corrected chi connectivity index (χ4v) is 1.71. The van der Waals surface area contributed by atoms with Gasteiger partial charge in [-0.3, -0.25) is 10.1 Å². The summed E-state index contributed by atoms with van der Waals surface area (Å²) in [7, 11) is 1.76. The molecule has 0 bridgehead atoms. The summed E-state index contributed by atoms with van der Waals surface area (Å²) in [4.78, 5) is 20.0. The first kappa shape index (κ1) is 13.6. The molecule has 0 radical (unpaired) electrons. The van der Waals surface area contributed by atoms with Gasteiger partial charge in [-0.1, -0.05) is 13.3 Å². The molecule has 0 amide bonds. The molecule has 0 aliphatic rings. The van der Waals surface area contributed by atoms with Gasteiger partial charge in [0.1, 0.15) is 5.69 Å². The van der Waals surface area contributed by atoms with Crippen molar-refractivity contribution in [1.29, 1.82) is 0 Å². The van der Waals surface area contributed by atoms with Gasteiger partial charge in [0.05, 0.1) is 4.92 Å². The van der Waals surface area contributed by atoms with Crippen molar-refractivity contribution in [2.75, 3.05) is 18.5 Å². The minimum atomic E-state index is -0.469. The van der Waals surface area contributed by atoms with Gasteiger partial charge < -0.3 is 4.90 Å². The SMILES string of the molecule is CCCCN(C)c1nc(Cl)nc(C)c1[N+](=O)[O-]. The van der Waals surface area contributed by atoms with Gasteiger partial charge in [0.25, 0.3) is 0 Å². The molecule has 1 heterocycles. The molecule has 0 fully saturated rings. The Morgan fingerprint density at radius 3 is 2.65 bits per heavy atom. The third-order valence-electron chi connectivity index (χ3n) is 2.40. The average molecular weight is 259 g/mol. The van der Waals surface area contributed by atoms with Gasteiger partial charge in [0.15, 0.2) is 0 Å². The number of nitrogens with zero attached hydrogens (tertiary/aromatic N) is 4. The molecule has 0 saturated heterocycles. The van der Waals surface area contributed by atoms with Crippen LogP contribution in [0.3, 0.4) is 0 Å². The van der Waals surface area contributed by atoms with Gasteiger partial charge in [-0.2, -0.15) is 4.98 Å². The molecule has 0 atom stereocenters. The summed E-state index contributed by atoms with van der Waals surface area (Å²) in [5, 5.41) is 11.0. The number of hydrogen-bond acceptors (Lipinski definition) is 5. The number of rotatable bonds is 5. The summed E-state index contributed by atoms with van der Waals surface area (Å²) in [6.07, 6.45) is 1.95. The van der Waals surface area contributed by atoms with E-state index in [0.717, 1.165) is 12.8 Å². The summed E-state index contributed by atoms with van der Waals surface area (Å²) in [6.45, 7) is 4.31. The van der Waals surface area contributed by atoms with Crippen LogP contribution >= 0.6 is 11.6 Å². The molecule has 1 aromatic rings. The number of unbranched alkanes of at least 4 members (excludes halogenated alkanes) is 1. The van der Waals surface area contributed by atoms with Crippen LogP contribution in [0.2, 0.25) is 5.28 Å². The Morgan fingerprint density at radius 1 is 1.47 bits per heavy atom. The molecule has 1 rings (SSSR count). The molecular weight excluding hydrogens is 244 g/mol. The minimum Gasteiger partial charge on any atom is -0.354 e. The second-order valence-corrected chi connectivity index (χ2v) is 4.12. The standard InChI is InChI=1S/C10H15ClN4O2/c1-4-5-6-14(3)9-8(15(16)17)7(2)12-10(11)13-9/h4-6H2,1-3H3. The monoisotopic (exact) mass is 258 g/mol. The maximum atomic E-state index is 11.0. The normalized spacial score (nSPS) is 10.4. The first-order valence-electron chi connectivity index (χ1n) is 5.37. The highest BCUT2D eigenvalue weighted by Gasteiger charge is 2.24. The van der Waals surface area contributed by atoms with Gasteiger partial charge in [0, 0.05) is 13.6 Å². The highest BCUT2D eigenvalue weighted by molar-refractivity contribution is 6.28. The molecule has 6 nitrogen and oxygen atoms in total. The number of anilines is 1. The third-order valence-corrected chi connectivity index (χ3v) is 2.57. The summed E-state index contributed by atoms with van der Waals surface area (Å²) in [6, 6.07) is 0. The molecular formula is C10H15ClN4O2. The third kappa shape index (κ3) is 3.26. The van der Waals surface area contributed by atoms with E-state index in [-0.39, 0.29) is 22.5 Å². The predicted octanol–water partition coefficient (Wildman–Crippen LogP) is 2.58. The first-order chi connectivity index (χ1) is 7.97. The summed E-state index contributed by atoms with van der Waals surface area (Å²) in [5.41, 5.74) is 0.210. The Morgan fingerprint density at radius 2 is 2.12 bits per heavy atom. The van der Waals surface area contributed by atoms with Crippen LogP contribution in [0.25, 0.3) is 0 Å². The molecule has 0 aliphatic carbocycles. The lowest BCUT2D eigenvalue weighted by Gasteiger charge is -2.17. The van der Waals surface area contributed by atoms with Crippen LogP contribution in [0.5, 0.6) is 0 Å². The minimum absolute atomic E-state index is 0.0337. The van der Waals surface area contributed by atoms with E-state index in [1.165, 1.54) is 0 Å². The summed E-state index contributed by atoms with van der Waals surface area (Å²) < 4.78 is 0. The van der Waals surface area contributed by atoms with Crippen molar-refractivity contribution < 1.29 is 4.92 Å². The largest absolute Gasteiger partial charge is 0.354 e. The molecule has 0 saturated carbocycles. The number of halogens is 1. The zero-order valence-electron chi connectivity index (χ0n) is 10.1. The van der Waals surface area contributed by atoms with Crippen LogP contribution in [0, 0.1) is 17.0 Å². The maximum absolute atomic E-state index is 11.0. The zero-order chi connectivity index (χ0) is 13.0. The molecule has 94 valence electrons. The van der Waals surface area contributed by atoms with Gasteiger partial charge >= 0.3 is 5.69 Å². The second-order valence-electron chi connectivity index (χ2n) is 3.78. The number of aromatic nitrogens is 2. The first-order valence-corrected chi connectivity index (χ1v) is 5.74. The predicted molar refractivity (Wildman–Crippen MR) is 66.6 cm³/mol. The van der Waals surface area contributed by atoms with Crippen LogP contribution < -0.4 is 4.90 Å². The highest BCUT2D eigenvalue weighted by Crippen LogP contribution is 2.29. The quantitative estimate of drug-likeness (QED) is 0.461. The van der Waals surface area contributed by atoms with Crippen LogP contribution in [0.15, 0.2) is 0 Å². The van der Waals surface area contributed by atoms with Gasteiger partial charge in [-0.05, 0) is 24.9 Å². The van der Waals surface area contributed by atoms with E-state index in [1.807, 2.05) is 0 Å². The molecule has 17 heavy (non-hydrogen) atoms. The van der Waals surface area contributed by atoms with Crippen molar-refractivity contribution in [3.05, 3.63) is 21.1 Å². The van der Waals surface area contributed by atoms with E-state index in [1.54, 1.807) is 18.9 Å². The zero-order valence-corrected chi connectivity index (χ0v) is 10.9. The molecule has 0 unspecified atom stereocenters. The highest BCUT2D eigenvalue weighted by atomic mass is 35.5. The average Bonchev–Trinajstić information content (AvgIpc) is 2.23. The van der Waals surface area contributed by atoms with E-state index in [4.69, 9.17) is 11.6 Å². The van der Waals surface area contributed by atoms with Gasteiger partial charge in [0.2, 0.25) is 11.1 Å². The molecule has 0 aliphatic heterocycles. The van der Waals surface area contributed by atoms with Crippen molar-refractivity contribution in [3.63, 3.8) is 0 Å². The fourth-order valence-electron chi connectivity index (χ4n) is 1.50. The molecule has 0 aromatic carbocycles. The second kappa shape index (κ2) is 5.77. The van der Waals surface area contributed by atoms with Gasteiger partial charge in [-0.25, -0.2) is 4.98 Å². The van der Waals surface area contributed by atoms with Crippen molar-refractivity contribution in [2.45, 2.75) is 26.7 Å². The van der Waals surface area contributed by atoms with E-state index >= 15 is 0 Å². The Kier molecular flexibility index (Phi) is 4.62. The van der Waals surface area contributed by atoms with E-state index in [0.29, 0.717) is 6.54 Å². The van der Waals surface area contributed by atoms with E-state index < -0.39 is 4.92 Å². The van der Waals surface area contributed by atoms with Crippen molar-refractivity contribution in [2.24, 2.45) is 0 Å². The molecule has 7 heteroatoms. The lowest BCUT2D eigenvalue weighted by Crippen LogP contribution is -2.21. The van der Waals surface area contributed by atoms with Gasteiger partial charge in [-0.15, -0.1) is 0 Å². The molecule has 0 spiro atoms. The van der Waals surface area contributed by atoms with E-state index in [2.05, 4.69) is 16.9 Å². The number of aryl methyl sites for hydroxylation is 1. The Balaban J connectivity index is 3.15. The van der Waals surface area contributed by atoms with Crippen LogP contribution in [-0.2, 0) is 0 Å². The number of hydrogen-bond donors (Lipinski definition) is 0. The van der Waals surface area contributed by atoms with Crippen LogP contribution in [0.4, 0.5) is 11.5 Å². The van der Waals surface area contributed by atoms with Crippen molar-refractivity contribution in [1.82, 2.24) is 9.97 Å². The number of nitro groups is 1. The lowest BCUT2D eigenvalue weighted by molar-refractivity contribution is -0.385. The van der Waals surface area contributed by atoms with Crippen LogP contribution in [-0.4, -0.2) is 28.5 Å². The van der Waals surface area contributed by atoms with Crippen molar-refractivity contribution >= 4 is 23.1 Å². The Bertz CT molecular complexity index is 425. The maximum Gasteiger partial charge on any atom is 0.332 e. The summed E-state index contributed by atoms with van der Waals surface area (Å²) in [5.74, 6) is 0.279. The smallest absolute Gasteiger partial charge is 0.332 e.